The zero-order chi connectivity index (χ0) is 13.0. The van der Waals surface area contributed by atoms with Gasteiger partial charge in [0, 0.05) is 11.4 Å². The maximum atomic E-state index is 11.8. The van der Waals surface area contributed by atoms with Crippen LogP contribution in [0.3, 0.4) is 0 Å². The number of benzene rings is 1. The van der Waals surface area contributed by atoms with Gasteiger partial charge in [-0.25, -0.2) is 4.79 Å². The molecule has 0 saturated heterocycles. The lowest BCUT2D eigenvalue weighted by molar-refractivity contribution is 0.262. The third-order valence-corrected chi connectivity index (χ3v) is 2.56. The molecule has 0 aliphatic carbocycles. The summed E-state index contributed by atoms with van der Waals surface area (Å²) in [6.45, 7) is 3.85. The van der Waals surface area contributed by atoms with Crippen molar-refractivity contribution in [2.75, 3.05) is 10.6 Å². The van der Waals surface area contributed by atoms with E-state index in [1.54, 1.807) is 6.20 Å². The van der Waals surface area contributed by atoms with Crippen LogP contribution in [0.15, 0.2) is 42.6 Å². The molecule has 0 spiro atoms. The van der Waals surface area contributed by atoms with E-state index in [9.17, 15) is 4.79 Å². The molecule has 1 heterocycles. The Morgan fingerprint density at radius 2 is 1.83 bits per heavy atom. The number of aryl methyl sites for hydroxylation is 2. The normalized spacial score (nSPS) is 9.89. The highest BCUT2D eigenvalue weighted by Crippen LogP contribution is 2.13. The number of carbonyl (C=O) groups is 1. The fourth-order valence-corrected chi connectivity index (χ4v) is 1.54. The fourth-order valence-electron chi connectivity index (χ4n) is 1.54. The zero-order valence-corrected chi connectivity index (χ0v) is 10.4. The van der Waals surface area contributed by atoms with E-state index in [1.807, 2.05) is 50.2 Å². The molecule has 0 saturated carbocycles. The number of carbonyl (C=O) groups excluding carboxylic acids is 1. The van der Waals surface area contributed by atoms with Crippen molar-refractivity contribution in [1.82, 2.24) is 4.98 Å². The molecule has 2 rings (SSSR count). The molecular formula is C14H15N3O. The van der Waals surface area contributed by atoms with Gasteiger partial charge in [-0.1, -0.05) is 18.2 Å². The monoisotopic (exact) mass is 241 g/mol. The molecule has 0 aliphatic rings. The predicted molar refractivity (Wildman–Crippen MR) is 72.8 cm³/mol. The molecule has 0 atom stereocenters. The number of aromatic nitrogens is 1. The Labute approximate surface area is 106 Å². The quantitative estimate of drug-likeness (QED) is 0.847. The van der Waals surface area contributed by atoms with Crippen LogP contribution in [0.4, 0.5) is 16.2 Å². The van der Waals surface area contributed by atoms with Gasteiger partial charge in [0.2, 0.25) is 0 Å². The van der Waals surface area contributed by atoms with Crippen molar-refractivity contribution in [1.29, 1.82) is 0 Å². The molecule has 0 unspecified atom stereocenters. The number of nitrogens with one attached hydrogen (secondary N) is 2. The van der Waals surface area contributed by atoms with Gasteiger partial charge in [-0.2, -0.15) is 0 Å². The van der Waals surface area contributed by atoms with Crippen molar-refractivity contribution in [3.8, 4) is 0 Å². The average molecular weight is 241 g/mol. The smallest absolute Gasteiger partial charge is 0.307 e. The molecular weight excluding hydrogens is 226 g/mol. The van der Waals surface area contributed by atoms with E-state index in [1.165, 1.54) is 0 Å². The topological polar surface area (TPSA) is 54.0 Å². The van der Waals surface area contributed by atoms with E-state index >= 15 is 0 Å². The fraction of sp³-hybridized carbons (Fsp3) is 0.143. The summed E-state index contributed by atoms with van der Waals surface area (Å²) in [6, 6.07) is 11.0. The molecule has 4 heteroatoms. The summed E-state index contributed by atoms with van der Waals surface area (Å²) in [7, 11) is 0. The van der Waals surface area contributed by atoms with E-state index in [4.69, 9.17) is 0 Å². The summed E-state index contributed by atoms with van der Waals surface area (Å²) in [6.07, 6.45) is 1.63. The maximum Gasteiger partial charge on any atom is 0.323 e. The zero-order valence-electron chi connectivity index (χ0n) is 10.4. The first kappa shape index (κ1) is 12.1. The highest BCUT2D eigenvalue weighted by Gasteiger charge is 2.04. The second-order valence-corrected chi connectivity index (χ2v) is 4.08. The number of hydrogen-bond acceptors (Lipinski definition) is 2. The highest BCUT2D eigenvalue weighted by molar-refractivity contribution is 6.00. The second kappa shape index (κ2) is 5.31. The van der Waals surface area contributed by atoms with E-state index in [2.05, 4.69) is 15.6 Å². The number of nitrogens with zero attached hydrogens (tertiary/aromatic N) is 1. The molecule has 2 amide bonds. The van der Waals surface area contributed by atoms with Crippen LogP contribution >= 0.6 is 0 Å². The first-order valence-electron chi connectivity index (χ1n) is 5.71. The summed E-state index contributed by atoms with van der Waals surface area (Å²) in [5.41, 5.74) is 3.41. The number of pyridine rings is 1. The summed E-state index contributed by atoms with van der Waals surface area (Å²) in [4.78, 5) is 15.9. The first-order valence-corrected chi connectivity index (χ1v) is 5.71. The van der Waals surface area contributed by atoms with Gasteiger partial charge in [-0.3, -0.25) is 4.98 Å². The lowest BCUT2D eigenvalue weighted by atomic mass is 10.2. The van der Waals surface area contributed by atoms with Crippen LogP contribution in [-0.2, 0) is 0 Å². The Morgan fingerprint density at radius 1 is 1.06 bits per heavy atom. The van der Waals surface area contributed by atoms with Gasteiger partial charge < -0.3 is 10.6 Å². The average Bonchev–Trinajstić information content (AvgIpc) is 2.35. The number of hydrogen-bond donors (Lipinski definition) is 2. The molecule has 2 N–H and O–H groups in total. The molecule has 1 aromatic heterocycles. The molecule has 4 nitrogen and oxygen atoms in total. The van der Waals surface area contributed by atoms with Crippen LogP contribution in [0.1, 0.15) is 11.3 Å². The molecule has 0 radical (unpaired) electrons. The predicted octanol–water partition coefficient (Wildman–Crippen LogP) is 3.34. The van der Waals surface area contributed by atoms with Crippen LogP contribution in [0.2, 0.25) is 0 Å². The van der Waals surface area contributed by atoms with E-state index in [0.717, 1.165) is 16.9 Å². The Hall–Kier alpha value is -2.36. The Bertz CT molecular complexity index is 549. The number of anilines is 2. The van der Waals surface area contributed by atoms with Gasteiger partial charge >= 0.3 is 6.03 Å². The van der Waals surface area contributed by atoms with Crippen molar-refractivity contribution in [2.45, 2.75) is 13.8 Å². The Morgan fingerprint density at radius 3 is 2.50 bits per heavy atom. The van der Waals surface area contributed by atoms with Crippen molar-refractivity contribution in [2.24, 2.45) is 0 Å². The minimum atomic E-state index is -0.269. The number of amides is 2. The SMILES string of the molecule is Cc1ccc(NC(=O)Nc2ccccc2C)cn1. The summed E-state index contributed by atoms with van der Waals surface area (Å²) >= 11 is 0. The lowest BCUT2D eigenvalue weighted by Crippen LogP contribution is -2.20. The van der Waals surface area contributed by atoms with Gasteiger partial charge in [0.15, 0.2) is 0 Å². The Kier molecular flexibility index (Phi) is 3.57. The Balaban J connectivity index is 2.01. The first-order chi connectivity index (χ1) is 8.65. The molecule has 92 valence electrons. The summed E-state index contributed by atoms with van der Waals surface area (Å²) in [5.74, 6) is 0. The molecule has 0 bridgehead atoms. The van der Waals surface area contributed by atoms with Crippen molar-refractivity contribution < 1.29 is 4.79 Å². The molecule has 0 fully saturated rings. The van der Waals surface area contributed by atoms with E-state index in [0.29, 0.717) is 5.69 Å². The molecule has 18 heavy (non-hydrogen) atoms. The van der Waals surface area contributed by atoms with Gasteiger partial charge in [0.25, 0.3) is 0 Å². The van der Waals surface area contributed by atoms with Crippen LogP contribution in [0, 0.1) is 13.8 Å². The van der Waals surface area contributed by atoms with Gasteiger partial charge in [0.05, 0.1) is 11.9 Å². The van der Waals surface area contributed by atoms with Gasteiger partial charge in [-0.05, 0) is 37.6 Å². The standard InChI is InChI=1S/C14H15N3O/c1-10-5-3-4-6-13(10)17-14(18)16-12-8-7-11(2)15-9-12/h3-9H,1-2H3,(H2,16,17,18). The van der Waals surface area contributed by atoms with Crippen LogP contribution in [0.5, 0.6) is 0 Å². The third-order valence-electron chi connectivity index (χ3n) is 2.56. The van der Waals surface area contributed by atoms with Crippen molar-refractivity contribution in [3.05, 3.63) is 53.9 Å². The van der Waals surface area contributed by atoms with Crippen LogP contribution < -0.4 is 10.6 Å². The second-order valence-electron chi connectivity index (χ2n) is 4.08. The van der Waals surface area contributed by atoms with E-state index in [-0.39, 0.29) is 6.03 Å². The largest absolute Gasteiger partial charge is 0.323 e. The third kappa shape index (κ3) is 3.07. The molecule has 1 aromatic carbocycles. The minimum absolute atomic E-state index is 0.269. The number of para-hydroxylation sites is 1. The van der Waals surface area contributed by atoms with Gasteiger partial charge in [-0.15, -0.1) is 0 Å². The highest BCUT2D eigenvalue weighted by atomic mass is 16.2. The minimum Gasteiger partial charge on any atom is -0.307 e. The van der Waals surface area contributed by atoms with E-state index < -0.39 is 0 Å². The molecule has 0 aliphatic heterocycles. The summed E-state index contributed by atoms with van der Waals surface area (Å²) < 4.78 is 0. The maximum absolute atomic E-state index is 11.8. The van der Waals surface area contributed by atoms with Crippen LogP contribution in [-0.4, -0.2) is 11.0 Å². The van der Waals surface area contributed by atoms with Crippen molar-refractivity contribution >= 4 is 17.4 Å². The summed E-state index contributed by atoms with van der Waals surface area (Å²) in [5, 5.41) is 5.53. The number of urea groups is 1. The number of rotatable bonds is 2. The van der Waals surface area contributed by atoms with Gasteiger partial charge in [0.1, 0.15) is 0 Å². The molecule has 2 aromatic rings. The van der Waals surface area contributed by atoms with Crippen molar-refractivity contribution in [3.63, 3.8) is 0 Å². The van der Waals surface area contributed by atoms with Crippen LogP contribution in [0.25, 0.3) is 0 Å². The lowest BCUT2D eigenvalue weighted by Gasteiger charge is -2.09.